The van der Waals surface area contributed by atoms with Crippen LogP contribution in [0.4, 0.5) is 15.8 Å². The van der Waals surface area contributed by atoms with Gasteiger partial charge in [0.1, 0.15) is 11.3 Å². The molecule has 0 saturated heterocycles. The fourth-order valence-corrected chi connectivity index (χ4v) is 2.62. The Hall–Kier alpha value is -2.28. The van der Waals surface area contributed by atoms with Crippen molar-refractivity contribution in [2.75, 3.05) is 11.6 Å². The molecule has 21 heavy (non-hydrogen) atoms. The number of hydrogen-bond donors (Lipinski definition) is 2. The highest BCUT2D eigenvalue weighted by Crippen LogP contribution is 2.30. The van der Waals surface area contributed by atoms with Crippen molar-refractivity contribution < 1.29 is 14.3 Å². The first kappa shape index (κ1) is 15.1. The number of halogens is 1. The summed E-state index contributed by atoms with van der Waals surface area (Å²) in [5.41, 5.74) is -0.461. The molecule has 2 rings (SSSR count). The molecule has 0 aliphatic carbocycles. The number of aromatic carboxylic acids is 1. The molecule has 0 amide bonds. The number of pyridine rings is 1. The summed E-state index contributed by atoms with van der Waals surface area (Å²) in [7, 11) is 1.20. The molecule has 0 saturated carbocycles. The number of nitrogens with zero attached hydrogens (tertiary/aromatic N) is 1. The number of hydrogen-bond acceptors (Lipinski definition) is 4. The number of carbonyl (C=O) groups is 1. The SMILES string of the molecule is CSc1c(C(=O)O)c(F)n(C)c(=O)c1Nc1ccccc1. The largest absolute Gasteiger partial charge is 0.477 e. The Balaban J connectivity index is 2.70. The van der Waals surface area contributed by atoms with E-state index in [1.807, 2.05) is 6.07 Å². The molecule has 0 bridgehead atoms. The number of benzene rings is 1. The third kappa shape index (κ3) is 2.78. The van der Waals surface area contributed by atoms with Crippen LogP contribution in [0.1, 0.15) is 10.4 Å². The van der Waals surface area contributed by atoms with Crippen molar-refractivity contribution in [3.63, 3.8) is 0 Å². The summed E-state index contributed by atoms with van der Waals surface area (Å²) in [6, 6.07) is 8.81. The van der Waals surface area contributed by atoms with E-state index < -0.39 is 23.0 Å². The van der Waals surface area contributed by atoms with Gasteiger partial charge < -0.3 is 10.4 Å². The highest BCUT2D eigenvalue weighted by atomic mass is 32.2. The topological polar surface area (TPSA) is 71.3 Å². The molecule has 0 spiro atoms. The number of anilines is 2. The number of rotatable bonds is 4. The fourth-order valence-electron chi connectivity index (χ4n) is 1.91. The lowest BCUT2D eigenvalue weighted by atomic mass is 10.2. The number of carboxylic acids is 1. The second-order valence-electron chi connectivity index (χ2n) is 4.23. The van der Waals surface area contributed by atoms with E-state index in [1.54, 1.807) is 30.5 Å². The first-order valence-electron chi connectivity index (χ1n) is 5.99. The van der Waals surface area contributed by atoms with Gasteiger partial charge in [0.15, 0.2) is 0 Å². The second-order valence-corrected chi connectivity index (χ2v) is 5.05. The Kier molecular flexibility index (Phi) is 4.32. The predicted molar refractivity (Wildman–Crippen MR) is 80.1 cm³/mol. The van der Waals surface area contributed by atoms with E-state index in [-0.39, 0.29) is 10.6 Å². The Morgan fingerprint density at radius 2 is 1.95 bits per heavy atom. The summed E-state index contributed by atoms with van der Waals surface area (Å²) in [6.45, 7) is 0. The minimum absolute atomic E-state index is 0.0509. The lowest BCUT2D eigenvalue weighted by molar-refractivity contribution is 0.0685. The van der Waals surface area contributed by atoms with Crippen molar-refractivity contribution in [2.45, 2.75) is 4.90 Å². The maximum absolute atomic E-state index is 14.0. The van der Waals surface area contributed by atoms with Gasteiger partial charge in [-0.1, -0.05) is 18.2 Å². The van der Waals surface area contributed by atoms with E-state index in [4.69, 9.17) is 0 Å². The average molecular weight is 308 g/mol. The Bertz CT molecular complexity index is 744. The van der Waals surface area contributed by atoms with Gasteiger partial charge in [-0.3, -0.25) is 9.36 Å². The maximum Gasteiger partial charge on any atom is 0.341 e. The van der Waals surface area contributed by atoms with Crippen molar-refractivity contribution in [2.24, 2.45) is 7.05 Å². The second kappa shape index (κ2) is 6.01. The van der Waals surface area contributed by atoms with E-state index in [2.05, 4.69) is 5.32 Å². The van der Waals surface area contributed by atoms with E-state index in [0.717, 1.165) is 11.8 Å². The van der Waals surface area contributed by atoms with Crippen LogP contribution in [0.15, 0.2) is 40.0 Å². The molecule has 0 aliphatic rings. The van der Waals surface area contributed by atoms with E-state index in [1.165, 1.54) is 7.05 Å². The average Bonchev–Trinajstić information content (AvgIpc) is 2.48. The number of para-hydroxylation sites is 1. The van der Waals surface area contributed by atoms with Crippen molar-refractivity contribution in [1.82, 2.24) is 4.57 Å². The zero-order valence-corrected chi connectivity index (χ0v) is 12.2. The Labute approximate surface area is 124 Å². The van der Waals surface area contributed by atoms with Crippen LogP contribution in [-0.4, -0.2) is 21.9 Å². The van der Waals surface area contributed by atoms with Gasteiger partial charge in [0.2, 0.25) is 5.95 Å². The first-order chi connectivity index (χ1) is 9.97. The number of aromatic nitrogens is 1. The molecule has 0 atom stereocenters. The standard InChI is InChI=1S/C14H13FN2O3S/c1-17-12(15)9(14(19)20)11(21-2)10(13(17)18)16-8-6-4-3-5-7-8/h3-7,16H,1-2H3,(H,19,20). The molecule has 2 aromatic rings. The van der Waals surface area contributed by atoms with Gasteiger partial charge in [0.05, 0.1) is 4.90 Å². The van der Waals surface area contributed by atoms with E-state index >= 15 is 0 Å². The third-order valence-corrected chi connectivity index (χ3v) is 3.75. The van der Waals surface area contributed by atoms with Crippen LogP contribution in [0.2, 0.25) is 0 Å². The van der Waals surface area contributed by atoms with Crippen LogP contribution in [0.25, 0.3) is 0 Å². The van der Waals surface area contributed by atoms with Crippen LogP contribution >= 0.6 is 11.8 Å². The summed E-state index contributed by atoms with van der Waals surface area (Å²) in [5.74, 6) is -2.47. The van der Waals surface area contributed by atoms with E-state index in [0.29, 0.717) is 10.3 Å². The van der Waals surface area contributed by atoms with Crippen LogP contribution in [0, 0.1) is 5.95 Å². The van der Waals surface area contributed by atoms with Crippen molar-refractivity contribution in [3.8, 4) is 0 Å². The van der Waals surface area contributed by atoms with Crippen molar-refractivity contribution >= 4 is 29.1 Å². The Morgan fingerprint density at radius 3 is 2.48 bits per heavy atom. The molecule has 0 unspecified atom stereocenters. The van der Waals surface area contributed by atoms with Crippen LogP contribution in [0.3, 0.4) is 0 Å². The quantitative estimate of drug-likeness (QED) is 0.671. The molecule has 7 heteroatoms. The third-order valence-electron chi connectivity index (χ3n) is 2.93. The highest BCUT2D eigenvalue weighted by Gasteiger charge is 2.24. The predicted octanol–water partition coefficient (Wildman–Crippen LogP) is 2.69. The number of thioether (sulfide) groups is 1. The summed E-state index contributed by atoms with van der Waals surface area (Å²) in [6.07, 6.45) is 1.59. The minimum Gasteiger partial charge on any atom is -0.477 e. The van der Waals surface area contributed by atoms with Gasteiger partial charge in [-0.25, -0.2) is 4.79 Å². The Morgan fingerprint density at radius 1 is 1.33 bits per heavy atom. The van der Waals surface area contributed by atoms with Crippen molar-refractivity contribution in [3.05, 3.63) is 52.2 Å². The number of carboxylic acid groups (broad SMARTS) is 1. The molecule has 1 heterocycles. The van der Waals surface area contributed by atoms with Crippen LogP contribution < -0.4 is 10.9 Å². The monoisotopic (exact) mass is 308 g/mol. The van der Waals surface area contributed by atoms with Gasteiger partial charge in [-0.15, -0.1) is 11.8 Å². The zero-order valence-electron chi connectivity index (χ0n) is 11.4. The van der Waals surface area contributed by atoms with E-state index in [9.17, 15) is 19.1 Å². The van der Waals surface area contributed by atoms with Gasteiger partial charge in [-0.2, -0.15) is 4.39 Å². The molecule has 0 radical (unpaired) electrons. The molecular weight excluding hydrogens is 295 g/mol. The van der Waals surface area contributed by atoms with Gasteiger partial charge >= 0.3 is 5.97 Å². The van der Waals surface area contributed by atoms with Crippen LogP contribution in [-0.2, 0) is 7.05 Å². The van der Waals surface area contributed by atoms with Gasteiger partial charge in [0.25, 0.3) is 5.56 Å². The van der Waals surface area contributed by atoms with Crippen LogP contribution in [0.5, 0.6) is 0 Å². The molecule has 110 valence electrons. The highest BCUT2D eigenvalue weighted by molar-refractivity contribution is 7.98. The molecule has 0 fully saturated rings. The summed E-state index contributed by atoms with van der Waals surface area (Å²) < 4.78 is 14.7. The molecular formula is C14H13FN2O3S. The molecule has 1 aromatic heterocycles. The fraction of sp³-hybridized carbons (Fsp3) is 0.143. The molecule has 0 aliphatic heterocycles. The minimum atomic E-state index is -1.41. The summed E-state index contributed by atoms with van der Waals surface area (Å²) >= 11 is 1.01. The molecule has 1 aromatic carbocycles. The van der Waals surface area contributed by atoms with Crippen molar-refractivity contribution in [1.29, 1.82) is 0 Å². The maximum atomic E-state index is 14.0. The smallest absolute Gasteiger partial charge is 0.341 e. The molecule has 5 nitrogen and oxygen atoms in total. The lowest BCUT2D eigenvalue weighted by Gasteiger charge is -2.15. The first-order valence-corrected chi connectivity index (χ1v) is 7.21. The number of nitrogens with one attached hydrogen (secondary N) is 1. The zero-order chi connectivity index (χ0) is 15.6. The lowest BCUT2D eigenvalue weighted by Crippen LogP contribution is -2.26. The van der Waals surface area contributed by atoms with Gasteiger partial charge in [0, 0.05) is 12.7 Å². The summed E-state index contributed by atoms with van der Waals surface area (Å²) in [4.78, 5) is 23.6. The normalized spacial score (nSPS) is 10.4. The van der Waals surface area contributed by atoms with Gasteiger partial charge in [-0.05, 0) is 18.4 Å². The summed E-state index contributed by atoms with van der Waals surface area (Å²) in [5, 5.41) is 12.1. The molecule has 2 N–H and O–H groups in total.